The zero-order valence-electron chi connectivity index (χ0n) is 14.2. The van der Waals surface area contributed by atoms with Crippen LogP contribution in [0.15, 0.2) is 40.8 Å². The number of aryl methyl sites for hydroxylation is 2. The molecule has 0 bridgehead atoms. The SMILES string of the molecule is CCc1ccc(CNCCC(O)(c2ccc(C)o2)C(F)(F)F)cc1.Cl. The van der Waals surface area contributed by atoms with Crippen LogP contribution in [0.5, 0.6) is 0 Å². The summed E-state index contributed by atoms with van der Waals surface area (Å²) in [6, 6.07) is 10.5. The van der Waals surface area contributed by atoms with Gasteiger partial charge >= 0.3 is 6.18 Å². The van der Waals surface area contributed by atoms with Crippen molar-refractivity contribution < 1.29 is 22.7 Å². The number of rotatable bonds is 7. The molecule has 1 aromatic carbocycles. The van der Waals surface area contributed by atoms with Gasteiger partial charge in [-0.2, -0.15) is 13.2 Å². The highest BCUT2D eigenvalue weighted by molar-refractivity contribution is 5.85. The number of aliphatic hydroxyl groups is 1. The summed E-state index contributed by atoms with van der Waals surface area (Å²) in [6.45, 7) is 4.04. The van der Waals surface area contributed by atoms with Crippen LogP contribution in [0.25, 0.3) is 0 Å². The van der Waals surface area contributed by atoms with Gasteiger partial charge in [-0.05, 0) is 43.1 Å². The molecule has 0 radical (unpaired) electrons. The molecule has 3 nitrogen and oxygen atoms in total. The zero-order chi connectivity index (χ0) is 17.8. The van der Waals surface area contributed by atoms with E-state index in [0.29, 0.717) is 12.3 Å². The number of halogens is 4. The highest BCUT2D eigenvalue weighted by Gasteiger charge is 2.56. The van der Waals surface area contributed by atoms with Crippen LogP contribution in [0.3, 0.4) is 0 Å². The van der Waals surface area contributed by atoms with E-state index in [1.807, 2.05) is 24.3 Å². The van der Waals surface area contributed by atoms with Gasteiger partial charge in [0.1, 0.15) is 11.5 Å². The Morgan fingerprint density at radius 1 is 1.04 bits per heavy atom. The minimum Gasteiger partial charge on any atom is -0.463 e. The number of hydrogen-bond donors (Lipinski definition) is 2. The molecule has 0 spiro atoms. The van der Waals surface area contributed by atoms with Crippen molar-refractivity contribution in [2.24, 2.45) is 0 Å². The van der Waals surface area contributed by atoms with E-state index in [-0.39, 0.29) is 19.0 Å². The number of hydrogen-bond acceptors (Lipinski definition) is 3. The smallest absolute Gasteiger partial charge is 0.424 e. The van der Waals surface area contributed by atoms with E-state index in [9.17, 15) is 18.3 Å². The maximum atomic E-state index is 13.3. The molecule has 1 heterocycles. The lowest BCUT2D eigenvalue weighted by molar-refractivity contribution is -0.274. The van der Waals surface area contributed by atoms with Gasteiger partial charge in [0.25, 0.3) is 0 Å². The maximum Gasteiger partial charge on any atom is 0.424 e. The largest absolute Gasteiger partial charge is 0.463 e. The maximum absolute atomic E-state index is 13.3. The van der Waals surface area contributed by atoms with E-state index in [4.69, 9.17) is 4.42 Å². The normalized spacial score (nSPS) is 14.0. The molecule has 1 atom stereocenters. The second kappa shape index (κ2) is 8.74. The molecular weight excluding hydrogens is 355 g/mol. The van der Waals surface area contributed by atoms with Crippen LogP contribution in [0.2, 0.25) is 0 Å². The third-order valence-corrected chi connectivity index (χ3v) is 4.04. The Kier molecular flexibility index (Phi) is 7.53. The highest BCUT2D eigenvalue weighted by Crippen LogP contribution is 2.42. The minimum atomic E-state index is -4.80. The summed E-state index contributed by atoms with van der Waals surface area (Å²) in [5.74, 6) is -0.141. The van der Waals surface area contributed by atoms with Crippen molar-refractivity contribution in [3.63, 3.8) is 0 Å². The van der Waals surface area contributed by atoms with Crippen molar-refractivity contribution in [1.29, 1.82) is 0 Å². The second-order valence-electron chi connectivity index (χ2n) is 5.87. The summed E-state index contributed by atoms with van der Waals surface area (Å²) in [4.78, 5) is 0. The van der Waals surface area contributed by atoms with E-state index >= 15 is 0 Å². The summed E-state index contributed by atoms with van der Waals surface area (Å²) in [7, 11) is 0. The van der Waals surface area contributed by atoms with Crippen molar-refractivity contribution in [2.75, 3.05) is 6.54 Å². The molecule has 2 N–H and O–H groups in total. The van der Waals surface area contributed by atoms with E-state index < -0.39 is 24.0 Å². The number of nitrogens with one attached hydrogen (secondary N) is 1. The number of alkyl halides is 3. The van der Waals surface area contributed by atoms with Gasteiger partial charge in [-0.25, -0.2) is 0 Å². The number of furan rings is 1. The Morgan fingerprint density at radius 2 is 1.64 bits per heavy atom. The fourth-order valence-corrected chi connectivity index (χ4v) is 2.46. The predicted octanol–water partition coefficient (Wildman–Crippen LogP) is 4.50. The topological polar surface area (TPSA) is 45.4 Å². The molecule has 2 aromatic rings. The van der Waals surface area contributed by atoms with Crippen LogP contribution in [0, 0.1) is 6.92 Å². The summed E-state index contributed by atoms with van der Waals surface area (Å²) < 4.78 is 44.9. The summed E-state index contributed by atoms with van der Waals surface area (Å²) in [5.41, 5.74) is -0.796. The third kappa shape index (κ3) is 5.23. The average Bonchev–Trinajstić information content (AvgIpc) is 2.98. The van der Waals surface area contributed by atoms with Crippen molar-refractivity contribution in [3.05, 3.63) is 59.0 Å². The Morgan fingerprint density at radius 3 is 2.12 bits per heavy atom. The van der Waals surface area contributed by atoms with Gasteiger partial charge in [0, 0.05) is 13.0 Å². The van der Waals surface area contributed by atoms with E-state index in [0.717, 1.165) is 12.0 Å². The summed E-state index contributed by atoms with van der Waals surface area (Å²) in [6.07, 6.45) is -4.38. The van der Waals surface area contributed by atoms with Crippen molar-refractivity contribution in [1.82, 2.24) is 5.32 Å². The van der Waals surface area contributed by atoms with Crippen LogP contribution in [-0.4, -0.2) is 17.8 Å². The molecule has 0 saturated heterocycles. The summed E-state index contributed by atoms with van der Waals surface area (Å²) in [5, 5.41) is 13.1. The molecule has 25 heavy (non-hydrogen) atoms. The van der Waals surface area contributed by atoms with Gasteiger partial charge in [0.05, 0.1) is 0 Å². The molecule has 0 fully saturated rings. The van der Waals surface area contributed by atoms with Crippen molar-refractivity contribution >= 4 is 12.4 Å². The summed E-state index contributed by atoms with van der Waals surface area (Å²) >= 11 is 0. The lowest BCUT2D eigenvalue weighted by atomic mass is 9.95. The fraction of sp³-hybridized carbons (Fsp3) is 0.444. The average molecular weight is 378 g/mol. The first-order valence-electron chi connectivity index (χ1n) is 7.91. The molecule has 0 amide bonds. The standard InChI is InChI=1S/C18H22F3NO2.ClH/c1-3-14-5-7-15(8-6-14)12-22-11-10-17(23,18(19,20)21)16-9-4-13(2)24-16;/h4-9,22-23H,3,10-12H2,1-2H3;1H. The molecule has 0 aliphatic carbocycles. The van der Waals surface area contributed by atoms with E-state index in [1.165, 1.54) is 17.7 Å². The molecular formula is C18H23ClF3NO2. The van der Waals surface area contributed by atoms with Crippen LogP contribution in [0.4, 0.5) is 13.2 Å². The first-order chi connectivity index (χ1) is 11.3. The quantitative estimate of drug-likeness (QED) is 0.698. The third-order valence-electron chi connectivity index (χ3n) is 4.04. The number of benzene rings is 1. The van der Waals surface area contributed by atoms with Gasteiger partial charge < -0.3 is 14.8 Å². The fourth-order valence-electron chi connectivity index (χ4n) is 2.46. The Hall–Kier alpha value is -1.50. The molecule has 1 aromatic heterocycles. The Balaban J connectivity index is 0.00000312. The monoisotopic (exact) mass is 377 g/mol. The first-order valence-corrected chi connectivity index (χ1v) is 7.91. The lowest BCUT2D eigenvalue weighted by Gasteiger charge is -2.28. The molecule has 0 saturated carbocycles. The molecule has 0 aliphatic rings. The predicted molar refractivity (Wildman–Crippen MR) is 92.8 cm³/mol. The molecule has 7 heteroatoms. The van der Waals surface area contributed by atoms with E-state index in [2.05, 4.69) is 12.2 Å². The van der Waals surface area contributed by atoms with Gasteiger partial charge in [0.15, 0.2) is 0 Å². The van der Waals surface area contributed by atoms with Gasteiger partial charge in [0.2, 0.25) is 5.60 Å². The second-order valence-corrected chi connectivity index (χ2v) is 5.87. The Bertz CT molecular complexity index is 655. The molecule has 2 rings (SSSR count). The van der Waals surface area contributed by atoms with Crippen LogP contribution in [-0.2, 0) is 18.6 Å². The minimum absolute atomic E-state index is 0. The lowest BCUT2D eigenvalue weighted by Crippen LogP contribution is -2.44. The molecule has 1 unspecified atom stereocenters. The molecule has 140 valence electrons. The first kappa shape index (κ1) is 21.5. The van der Waals surface area contributed by atoms with E-state index in [1.54, 1.807) is 6.92 Å². The van der Waals surface area contributed by atoms with Gasteiger partial charge in [-0.1, -0.05) is 31.2 Å². The van der Waals surface area contributed by atoms with Gasteiger partial charge in [-0.15, -0.1) is 12.4 Å². The van der Waals surface area contributed by atoms with Crippen LogP contribution >= 0.6 is 12.4 Å². The Labute approximate surface area is 151 Å². The van der Waals surface area contributed by atoms with Gasteiger partial charge in [-0.3, -0.25) is 0 Å². The van der Waals surface area contributed by atoms with Crippen molar-refractivity contribution in [3.8, 4) is 0 Å². The molecule has 0 aliphatic heterocycles. The van der Waals surface area contributed by atoms with Crippen LogP contribution < -0.4 is 5.32 Å². The highest BCUT2D eigenvalue weighted by atomic mass is 35.5. The van der Waals surface area contributed by atoms with Crippen molar-refractivity contribution in [2.45, 2.75) is 45.0 Å². The zero-order valence-corrected chi connectivity index (χ0v) is 15.0. The van der Waals surface area contributed by atoms with Crippen LogP contribution in [0.1, 0.15) is 36.0 Å².